The van der Waals surface area contributed by atoms with Crippen LogP contribution in [0.25, 0.3) is 0 Å². The van der Waals surface area contributed by atoms with Gasteiger partial charge in [-0.1, -0.05) is 17.7 Å². The number of fused-ring (bicyclic) bond motifs is 1. The second-order valence-electron chi connectivity index (χ2n) is 6.09. The quantitative estimate of drug-likeness (QED) is 0.882. The minimum absolute atomic E-state index is 0. The Labute approximate surface area is 138 Å². The predicted molar refractivity (Wildman–Crippen MR) is 81.8 cm³/mol. The van der Waals surface area contributed by atoms with E-state index in [1.165, 1.54) is 6.07 Å². The number of hydrogen-bond donors (Lipinski definition) is 1. The molecule has 0 amide bonds. The molecule has 3 rings (SSSR count). The molecule has 1 N–H and O–H groups in total. The molecule has 1 aliphatic carbocycles. The monoisotopic (exact) mass is 355 g/mol. The molecule has 0 spiro atoms. The van der Waals surface area contributed by atoms with Crippen molar-refractivity contribution in [3.63, 3.8) is 0 Å². The summed E-state index contributed by atoms with van der Waals surface area (Å²) in [7, 11) is 1.66. The van der Waals surface area contributed by atoms with Gasteiger partial charge in [-0.3, -0.25) is 0 Å². The van der Waals surface area contributed by atoms with E-state index in [1.54, 1.807) is 13.2 Å². The molecule has 2 aliphatic rings. The minimum Gasteiger partial charge on any atom is -0.384 e. The second-order valence-corrected chi connectivity index (χ2v) is 6.50. The van der Waals surface area contributed by atoms with E-state index < -0.39 is 11.7 Å². The molecule has 2 nitrogen and oxygen atoms in total. The third-order valence-corrected chi connectivity index (χ3v) is 5.28. The van der Waals surface area contributed by atoms with Gasteiger partial charge in [-0.05, 0) is 37.1 Å². The molecule has 2 unspecified atom stereocenters. The van der Waals surface area contributed by atoms with E-state index in [0.29, 0.717) is 6.61 Å². The molecular weight excluding hydrogens is 338 g/mol. The van der Waals surface area contributed by atoms with Gasteiger partial charge in [0.1, 0.15) is 0 Å². The van der Waals surface area contributed by atoms with Crippen LogP contribution < -0.4 is 5.32 Å². The highest BCUT2D eigenvalue weighted by molar-refractivity contribution is 6.31. The molecule has 2 fully saturated rings. The molecular formula is C15H18Cl2F3NO. The summed E-state index contributed by atoms with van der Waals surface area (Å²) in [6, 6.07) is 4.18. The van der Waals surface area contributed by atoms with Crippen LogP contribution in [0.5, 0.6) is 0 Å². The Morgan fingerprint density at radius 2 is 2.09 bits per heavy atom. The number of hydrogen-bond acceptors (Lipinski definition) is 2. The Kier molecular flexibility index (Phi) is 4.75. The summed E-state index contributed by atoms with van der Waals surface area (Å²) in [6.45, 7) is 2.31. The topological polar surface area (TPSA) is 21.3 Å². The lowest BCUT2D eigenvalue weighted by Gasteiger charge is -2.31. The molecule has 1 saturated heterocycles. The highest BCUT2D eigenvalue weighted by Crippen LogP contribution is 2.68. The number of alkyl halides is 3. The zero-order chi connectivity index (χ0) is 15.3. The Morgan fingerprint density at radius 1 is 1.36 bits per heavy atom. The summed E-state index contributed by atoms with van der Waals surface area (Å²) in [5.74, 6) is 0. The first kappa shape index (κ1) is 17.9. The Bertz CT molecular complexity index is 562. The molecule has 0 radical (unpaired) electrons. The van der Waals surface area contributed by atoms with Gasteiger partial charge < -0.3 is 10.1 Å². The average Bonchev–Trinajstić information content (AvgIpc) is 3.07. The van der Waals surface area contributed by atoms with Crippen LogP contribution in [-0.2, 0) is 16.3 Å². The Morgan fingerprint density at radius 3 is 2.68 bits per heavy atom. The number of halogens is 5. The molecule has 1 aromatic carbocycles. The van der Waals surface area contributed by atoms with Crippen molar-refractivity contribution in [3.05, 3.63) is 34.3 Å². The number of ether oxygens (including phenoxy) is 1. The Balaban J connectivity index is 0.00000176. The van der Waals surface area contributed by atoms with Crippen molar-refractivity contribution in [2.45, 2.75) is 24.4 Å². The van der Waals surface area contributed by atoms with Crippen molar-refractivity contribution >= 4 is 24.0 Å². The van der Waals surface area contributed by atoms with E-state index in [2.05, 4.69) is 5.32 Å². The van der Waals surface area contributed by atoms with E-state index in [0.717, 1.165) is 37.6 Å². The maximum absolute atomic E-state index is 12.8. The van der Waals surface area contributed by atoms with E-state index in [1.807, 2.05) is 0 Å². The van der Waals surface area contributed by atoms with Gasteiger partial charge in [0.05, 0.1) is 17.2 Å². The average molecular weight is 356 g/mol. The van der Waals surface area contributed by atoms with Gasteiger partial charge in [0.15, 0.2) is 0 Å². The fourth-order valence-corrected chi connectivity index (χ4v) is 4.15. The smallest absolute Gasteiger partial charge is 0.384 e. The molecule has 22 heavy (non-hydrogen) atoms. The van der Waals surface area contributed by atoms with Crippen LogP contribution in [0.4, 0.5) is 13.2 Å². The van der Waals surface area contributed by atoms with Gasteiger partial charge in [0, 0.05) is 24.5 Å². The maximum Gasteiger partial charge on any atom is 0.417 e. The van der Waals surface area contributed by atoms with Gasteiger partial charge in [-0.25, -0.2) is 0 Å². The van der Waals surface area contributed by atoms with Crippen LogP contribution in [0, 0.1) is 5.41 Å². The Hall–Kier alpha value is -0.490. The van der Waals surface area contributed by atoms with Gasteiger partial charge >= 0.3 is 6.18 Å². The highest BCUT2D eigenvalue weighted by Gasteiger charge is 2.68. The highest BCUT2D eigenvalue weighted by atomic mass is 35.5. The van der Waals surface area contributed by atoms with E-state index in [9.17, 15) is 13.2 Å². The first-order valence-electron chi connectivity index (χ1n) is 6.92. The van der Waals surface area contributed by atoms with Crippen molar-refractivity contribution in [2.24, 2.45) is 5.41 Å². The number of piperidine rings is 1. The van der Waals surface area contributed by atoms with Crippen LogP contribution in [0.1, 0.15) is 24.0 Å². The lowest BCUT2D eigenvalue weighted by molar-refractivity contribution is -0.137. The fraction of sp³-hybridized carbons (Fsp3) is 0.600. The first-order chi connectivity index (χ1) is 9.85. The second kappa shape index (κ2) is 5.86. The van der Waals surface area contributed by atoms with E-state index in [-0.39, 0.29) is 28.3 Å². The molecule has 1 aromatic rings. The summed E-state index contributed by atoms with van der Waals surface area (Å²) in [5.41, 5.74) is 0.0285. The van der Waals surface area contributed by atoms with Crippen molar-refractivity contribution in [3.8, 4) is 0 Å². The molecule has 1 aliphatic heterocycles. The molecule has 0 bridgehead atoms. The van der Waals surface area contributed by atoms with Crippen LogP contribution in [0.3, 0.4) is 0 Å². The number of rotatable bonds is 3. The van der Waals surface area contributed by atoms with Crippen LogP contribution in [0.15, 0.2) is 18.2 Å². The molecule has 7 heteroatoms. The number of nitrogens with one attached hydrogen (secondary N) is 1. The summed E-state index contributed by atoms with van der Waals surface area (Å²) in [5, 5.41) is 3.14. The van der Waals surface area contributed by atoms with Crippen molar-refractivity contribution < 1.29 is 17.9 Å². The van der Waals surface area contributed by atoms with Crippen LogP contribution in [0.2, 0.25) is 5.02 Å². The summed E-state index contributed by atoms with van der Waals surface area (Å²) < 4.78 is 43.8. The molecule has 124 valence electrons. The third-order valence-electron chi connectivity index (χ3n) is 4.97. The first-order valence-corrected chi connectivity index (χ1v) is 7.29. The van der Waals surface area contributed by atoms with Gasteiger partial charge in [0.25, 0.3) is 0 Å². The van der Waals surface area contributed by atoms with E-state index in [4.69, 9.17) is 16.3 Å². The zero-order valence-electron chi connectivity index (χ0n) is 12.1. The minimum atomic E-state index is -4.41. The van der Waals surface area contributed by atoms with Crippen molar-refractivity contribution in [2.75, 3.05) is 26.8 Å². The lowest BCUT2D eigenvalue weighted by Crippen LogP contribution is -2.40. The SMILES string of the molecule is COCC12CNCCC1(c1ccc(C(F)(F)F)c(Cl)c1)C2.Cl. The van der Waals surface area contributed by atoms with Gasteiger partial charge in [-0.15, -0.1) is 12.4 Å². The van der Waals surface area contributed by atoms with E-state index >= 15 is 0 Å². The summed E-state index contributed by atoms with van der Waals surface area (Å²) >= 11 is 5.87. The van der Waals surface area contributed by atoms with Crippen molar-refractivity contribution in [1.82, 2.24) is 5.32 Å². The van der Waals surface area contributed by atoms with Gasteiger partial charge in [-0.2, -0.15) is 13.2 Å². The largest absolute Gasteiger partial charge is 0.417 e. The zero-order valence-corrected chi connectivity index (χ0v) is 13.7. The van der Waals surface area contributed by atoms with Crippen LogP contribution >= 0.6 is 24.0 Å². The number of benzene rings is 1. The molecule has 1 saturated carbocycles. The van der Waals surface area contributed by atoms with Crippen molar-refractivity contribution in [1.29, 1.82) is 0 Å². The predicted octanol–water partition coefficient (Wildman–Crippen LogP) is 4.05. The molecule has 0 aromatic heterocycles. The summed E-state index contributed by atoms with van der Waals surface area (Å²) in [4.78, 5) is 0. The third kappa shape index (κ3) is 2.62. The summed E-state index contributed by atoms with van der Waals surface area (Å²) in [6.07, 6.45) is -2.57. The normalized spacial score (nSPS) is 30.4. The fourth-order valence-electron chi connectivity index (χ4n) is 3.86. The maximum atomic E-state index is 12.8. The molecule has 2 atom stereocenters. The molecule has 1 heterocycles. The lowest BCUT2D eigenvalue weighted by atomic mass is 9.81. The standard InChI is InChI=1S/C15H17ClF3NO.ClH/c1-21-9-13-7-14(13,4-5-20-8-13)10-2-3-11(12(16)6-10)15(17,18)19;/h2-3,6,20H,4-5,7-9H2,1H3;1H. The van der Waals surface area contributed by atoms with Crippen LogP contribution in [-0.4, -0.2) is 26.8 Å². The van der Waals surface area contributed by atoms with Gasteiger partial charge in [0.2, 0.25) is 0 Å². The number of methoxy groups -OCH3 is 1.